The molecule has 1 aromatic heterocycles. The number of ether oxygens (including phenoxy) is 3. The van der Waals surface area contributed by atoms with Gasteiger partial charge in [0.05, 0.1) is 33.2 Å². The zero-order valence-electron chi connectivity index (χ0n) is 17.1. The number of hydrogen-bond acceptors (Lipinski definition) is 8. The maximum Gasteiger partial charge on any atom is 0.318 e. The quantitative estimate of drug-likeness (QED) is 0.317. The maximum atomic E-state index is 8.90. The first-order chi connectivity index (χ1) is 14.7. The van der Waals surface area contributed by atoms with Gasteiger partial charge in [0.25, 0.3) is 0 Å². The van der Waals surface area contributed by atoms with E-state index >= 15 is 0 Å². The number of nitrogens with zero attached hydrogens (tertiary/aromatic N) is 3. The Labute approximate surface area is 175 Å². The summed E-state index contributed by atoms with van der Waals surface area (Å²) in [6, 6.07) is 15.5. The summed E-state index contributed by atoms with van der Waals surface area (Å²) in [7, 11) is 4.74. The molecule has 1 heterocycles. The van der Waals surface area contributed by atoms with Crippen LogP contribution in [0.3, 0.4) is 0 Å². The van der Waals surface area contributed by atoms with Crippen LogP contribution in [0.15, 0.2) is 53.7 Å². The molecule has 2 aromatic carbocycles. The third-order valence-electron chi connectivity index (χ3n) is 4.49. The predicted octanol–water partition coefficient (Wildman–Crippen LogP) is 3.63. The van der Waals surface area contributed by atoms with Crippen molar-refractivity contribution < 1.29 is 19.4 Å². The first-order valence-electron chi connectivity index (χ1n) is 9.32. The molecule has 0 bridgehead atoms. The highest BCUT2D eigenvalue weighted by molar-refractivity contribution is 5.85. The van der Waals surface area contributed by atoms with Crippen molar-refractivity contribution in [2.24, 2.45) is 5.16 Å². The number of oxime groups is 1. The van der Waals surface area contributed by atoms with Crippen molar-refractivity contribution in [1.29, 1.82) is 0 Å². The monoisotopic (exact) mass is 408 g/mol. The molecule has 8 nitrogen and oxygen atoms in total. The Bertz CT molecular complexity index is 1010. The van der Waals surface area contributed by atoms with Gasteiger partial charge in [0, 0.05) is 23.7 Å². The van der Waals surface area contributed by atoms with E-state index in [4.69, 9.17) is 19.4 Å². The molecular formula is C22H24N4O4. The van der Waals surface area contributed by atoms with Crippen LogP contribution in [0.1, 0.15) is 11.1 Å². The SMILES string of the molecule is COc1ccc(CCNc2cc(-c3ccc(OC)c(/C=N/O)c3)nc(OC)n2)cc1. The molecule has 2 N–H and O–H groups in total. The molecule has 0 atom stereocenters. The summed E-state index contributed by atoms with van der Waals surface area (Å²) in [6.45, 7) is 0.691. The topological polar surface area (TPSA) is 98.1 Å². The number of rotatable bonds is 9. The zero-order chi connectivity index (χ0) is 21.3. The van der Waals surface area contributed by atoms with Gasteiger partial charge in [-0.1, -0.05) is 17.3 Å². The molecule has 0 saturated carbocycles. The van der Waals surface area contributed by atoms with Gasteiger partial charge in [-0.2, -0.15) is 9.97 Å². The summed E-state index contributed by atoms with van der Waals surface area (Å²) in [6.07, 6.45) is 2.14. The second-order valence-corrected chi connectivity index (χ2v) is 6.35. The van der Waals surface area contributed by atoms with E-state index < -0.39 is 0 Å². The number of benzene rings is 2. The van der Waals surface area contributed by atoms with Gasteiger partial charge in [0.2, 0.25) is 0 Å². The third kappa shape index (κ3) is 5.16. The normalized spacial score (nSPS) is 10.8. The van der Waals surface area contributed by atoms with Crippen LogP contribution in [-0.2, 0) is 6.42 Å². The van der Waals surface area contributed by atoms with E-state index in [0.29, 0.717) is 29.4 Å². The van der Waals surface area contributed by atoms with Crippen molar-refractivity contribution >= 4 is 12.0 Å². The van der Waals surface area contributed by atoms with Gasteiger partial charge < -0.3 is 24.7 Å². The van der Waals surface area contributed by atoms with Crippen LogP contribution in [0, 0.1) is 0 Å². The molecule has 0 unspecified atom stereocenters. The van der Waals surface area contributed by atoms with E-state index in [0.717, 1.165) is 17.7 Å². The average molecular weight is 408 g/mol. The second-order valence-electron chi connectivity index (χ2n) is 6.35. The Balaban J connectivity index is 1.78. The summed E-state index contributed by atoms with van der Waals surface area (Å²) in [4.78, 5) is 8.80. The van der Waals surface area contributed by atoms with Crippen LogP contribution in [0.25, 0.3) is 11.3 Å². The molecule has 0 amide bonds. The molecule has 3 aromatic rings. The van der Waals surface area contributed by atoms with Crippen molar-refractivity contribution in [1.82, 2.24) is 9.97 Å². The summed E-state index contributed by atoms with van der Waals surface area (Å²) >= 11 is 0. The number of hydrogen-bond donors (Lipinski definition) is 2. The highest BCUT2D eigenvalue weighted by Crippen LogP contribution is 2.27. The van der Waals surface area contributed by atoms with Crippen LogP contribution in [0.4, 0.5) is 5.82 Å². The highest BCUT2D eigenvalue weighted by Gasteiger charge is 2.10. The van der Waals surface area contributed by atoms with Gasteiger partial charge in [-0.25, -0.2) is 0 Å². The molecular weight excluding hydrogens is 384 g/mol. The third-order valence-corrected chi connectivity index (χ3v) is 4.49. The van der Waals surface area contributed by atoms with Gasteiger partial charge in [0.15, 0.2) is 0 Å². The highest BCUT2D eigenvalue weighted by atomic mass is 16.5. The van der Waals surface area contributed by atoms with Crippen molar-refractivity contribution in [2.75, 3.05) is 33.2 Å². The molecule has 0 radical (unpaired) electrons. The minimum Gasteiger partial charge on any atom is -0.497 e. The van der Waals surface area contributed by atoms with E-state index in [9.17, 15) is 0 Å². The van der Waals surface area contributed by atoms with E-state index in [2.05, 4.69) is 20.4 Å². The average Bonchev–Trinajstić information content (AvgIpc) is 2.79. The number of methoxy groups -OCH3 is 3. The van der Waals surface area contributed by atoms with Gasteiger partial charge in [-0.15, -0.1) is 0 Å². The molecule has 0 aliphatic heterocycles. The van der Waals surface area contributed by atoms with Crippen molar-refractivity contribution in [3.63, 3.8) is 0 Å². The van der Waals surface area contributed by atoms with Crippen LogP contribution >= 0.6 is 0 Å². The Morgan fingerprint density at radius 3 is 2.43 bits per heavy atom. The van der Waals surface area contributed by atoms with E-state index in [1.807, 2.05) is 42.5 Å². The van der Waals surface area contributed by atoms with Gasteiger partial charge in [0.1, 0.15) is 17.3 Å². The Kier molecular flexibility index (Phi) is 7.05. The van der Waals surface area contributed by atoms with Crippen LogP contribution in [0.5, 0.6) is 17.5 Å². The Morgan fingerprint density at radius 1 is 0.967 bits per heavy atom. The summed E-state index contributed by atoms with van der Waals surface area (Å²) in [5, 5.41) is 15.3. The first kappa shape index (κ1) is 20.9. The lowest BCUT2D eigenvalue weighted by atomic mass is 10.1. The van der Waals surface area contributed by atoms with Crippen molar-refractivity contribution in [3.8, 4) is 28.8 Å². The van der Waals surface area contributed by atoms with Crippen molar-refractivity contribution in [3.05, 3.63) is 59.7 Å². The fraction of sp³-hybridized carbons (Fsp3) is 0.227. The molecule has 156 valence electrons. The molecule has 30 heavy (non-hydrogen) atoms. The summed E-state index contributed by atoms with van der Waals surface area (Å²) in [5.74, 6) is 2.08. The lowest BCUT2D eigenvalue weighted by Crippen LogP contribution is -2.08. The number of aromatic nitrogens is 2. The van der Waals surface area contributed by atoms with Crippen LogP contribution in [-0.4, -0.2) is 49.3 Å². The number of nitrogens with one attached hydrogen (secondary N) is 1. The predicted molar refractivity (Wildman–Crippen MR) is 115 cm³/mol. The van der Waals surface area contributed by atoms with Gasteiger partial charge in [-0.3, -0.25) is 0 Å². The largest absolute Gasteiger partial charge is 0.497 e. The minimum atomic E-state index is 0.257. The smallest absolute Gasteiger partial charge is 0.318 e. The molecule has 0 saturated heterocycles. The molecule has 0 fully saturated rings. The van der Waals surface area contributed by atoms with Gasteiger partial charge in [-0.05, 0) is 42.3 Å². The van der Waals surface area contributed by atoms with Crippen LogP contribution < -0.4 is 19.5 Å². The van der Waals surface area contributed by atoms with E-state index in [-0.39, 0.29) is 6.01 Å². The zero-order valence-corrected chi connectivity index (χ0v) is 17.1. The molecule has 3 rings (SSSR count). The van der Waals surface area contributed by atoms with Crippen molar-refractivity contribution in [2.45, 2.75) is 6.42 Å². The molecule has 0 spiro atoms. The van der Waals surface area contributed by atoms with E-state index in [1.165, 1.54) is 18.9 Å². The summed E-state index contributed by atoms with van der Waals surface area (Å²) < 4.78 is 15.7. The fourth-order valence-electron chi connectivity index (χ4n) is 2.94. The van der Waals surface area contributed by atoms with E-state index in [1.54, 1.807) is 20.3 Å². The molecule has 0 aliphatic rings. The first-order valence-corrected chi connectivity index (χ1v) is 9.32. The molecule has 0 aliphatic carbocycles. The lowest BCUT2D eigenvalue weighted by molar-refractivity contribution is 0.321. The fourth-order valence-corrected chi connectivity index (χ4v) is 2.94. The molecule has 8 heteroatoms. The minimum absolute atomic E-state index is 0.257. The lowest BCUT2D eigenvalue weighted by Gasteiger charge is -2.11. The second kappa shape index (κ2) is 10.1. The van der Waals surface area contributed by atoms with Gasteiger partial charge >= 0.3 is 6.01 Å². The van der Waals surface area contributed by atoms with Crippen LogP contribution in [0.2, 0.25) is 0 Å². The standard InChI is InChI=1S/C22H24N4O4/c1-28-18-7-4-15(5-8-18)10-11-23-21-13-19(25-22(26-21)30-3)16-6-9-20(29-2)17(12-16)14-24-27/h4-9,12-14,27H,10-11H2,1-3H3,(H,23,25,26)/b24-14+. The Morgan fingerprint density at radius 2 is 1.77 bits per heavy atom. The summed E-state index contributed by atoms with van der Waals surface area (Å²) in [5.41, 5.74) is 3.30. The maximum absolute atomic E-state index is 8.90. The Hall–Kier alpha value is -3.81. The number of anilines is 1.